The molecule has 0 bridgehead atoms. The minimum atomic E-state index is -1.72. The number of nitrogens with two attached hydrogens (primary N) is 1. The van der Waals surface area contributed by atoms with E-state index in [9.17, 15) is 0 Å². The second-order valence-electron chi connectivity index (χ2n) is 4.44. The van der Waals surface area contributed by atoms with E-state index in [4.69, 9.17) is 10.4 Å². The Morgan fingerprint density at radius 2 is 1.08 bits per heavy atom. The highest BCUT2D eigenvalue weighted by Crippen LogP contribution is 2.40. The highest BCUT2D eigenvalue weighted by Gasteiger charge is 2.45. The number of hydrogen-bond acceptors (Lipinski definition) is 2. The van der Waals surface area contributed by atoms with E-state index in [1.165, 1.54) is 0 Å². The van der Waals surface area contributed by atoms with Gasteiger partial charge in [-0.15, -0.1) is 0 Å². The average Bonchev–Trinajstić information content (AvgIpc) is 1.86. The van der Waals surface area contributed by atoms with E-state index in [1.54, 1.807) is 0 Å². The largest absolute Gasteiger partial charge is 0.347 e. The molecule has 0 fully saturated rings. The molecule has 0 aromatic rings. The van der Waals surface area contributed by atoms with E-state index in [1.807, 2.05) is 0 Å². The summed E-state index contributed by atoms with van der Waals surface area (Å²) in [6.45, 7) is 13.3. The maximum atomic E-state index is 5.47. The van der Waals surface area contributed by atoms with Crippen molar-refractivity contribution in [1.29, 1.82) is 0 Å². The minimum absolute atomic E-state index is 0.586. The van der Waals surface area contributed by atoms with Gasteiger partial charge in [0.05, 0.1) is 0 Å². The van der Waals surface area contributed by atoms with Gasteiger partial charge in [-0.25, -0.2) is 5.90 Å². The fourth-order valence-corrected chi connectivity index (χ4v) is 7.22. The Labute approximate surface area is 77.6 Å². The average molecular weight is 189 g/mol. The molecule has 0 aliphatic carbocycles. The van der Waals surface area contributed by atoms with E-state index in [2.05, 4.69) is 41.5 Å². The van der Waals surface area contributed by atoms with Crippen LogP contribution in [0.25, 0.3) is 0 Å². The molecule has 0 radical (unpaired) electrons. The SMILES string of the molecule is CC(C)[Si](ON)(C(C)C)C(C)C. The Morgan fingerprint density at radius 3 is 1.08 bits per heavy atom. The van der Waals surface area contributed by atoms with Gasteiger partial charge in [0, 0.05) is 0 Å². The van der Waals surface area contributed by atoms with E-state index in [0.717, 1.165) is 0 Å². The number of hydrogen-bond donors (Lipinski definition) is 1. The molecular formula is C9H23NOSi. The van der Waals surface area contributed by atoms with Crippen molar-refractivity contribution in [3.8, 4) is 0 Å². The van der Waals surface area contributed by atoms with Crippen LogP contribution in [0.5, 0.6) is 0 Å². The van der Waals surface area contributed by atoms with Crippen molar-refractivity contribution in [3.63, 3.8) is 0 Å². The fraction of sp³-hybridized carbons (Fsp3) is 1.00. The second kappa shape index (κ2) is 4.39. The summed E-state index contributed by atoms with van der Waals surface area (Å²) in [5.74, 6) is 5.47. The Bertz CT molecular complexity index is 113. The highest BCUT2D eigenvalue weighted by atomic mass is 28.4. The lowest BCUT2D eigenvalue weighted by atomic mass is 10.5. The van der Waals surface area contributed by atoms with Gasteiger partial charge in [0.1, 0.15) is 0 Å². The third-order valence-corrected chi connectivity index (χ3v) is 8.73. The summed E-state index contributed by atoms with van der Waals surface area (Å²) >= 11 is 0. The van der Waals surface area contributed by atoms with Crippen LogP contribution >= 0.6 is 0 Å². The molecule has 0 saturated carbocycles. The molecule has 12 heavy (non-hydrogen) atoms. The molecule has 0 amide bonds. The summed E-state index contributed by atoms with van der Waals surface area (Å²) < 4.78 is 5.36. The first kappa shape index (κ1) is 12.1. The summed E-state index contributed by atoms with van der Waals surface area (Å²) in [5, 5.41) is 0. The van der Waals surface area contributed by atoms with Crippen LogP contribution in [0, 0.1) is 0 Å². The van der Waals surface area contributed by atoms with Gasteiger partial charge in [-0.05, 0) is 16.6 Å². The van der Waals surface area contributed by atoms with E-state index in [-0.39, 0.29) is 0 Å². The van der Waals surface area contributed by atoms with Gasteiger partial charge in [0.25, 0.3) is 0 Å². The molecule has 0 aromatic carbocycles. The molecule has 0 rings (SSSR count). The molecular weight excluding hydrogens is 166 g/mol. The predicted octanol–water partition coefficient (Wildman–Crippen LogP) is 3.05. The Kier molecular flexibility index (Phi) is 4.44. The lowest BCUT2D eigenvalue weighted by Gasteiger charge is -2.39. The summed E-state index contributed by atoms with van der Waals surface area (Å²) in [6.07, 6.45) is 0. The molecule has 2 N–H and O–H groups in total. The van der Waals surface area contributed by atoms with Gasteiger partial charge in [0.15, 0.2) is 0 Å². The van der Waals surface area contributed by atoms with Crippen molar-refractivity contribution >= 4 is 8.32 Å². The fourth-order valence-electron chi connectivity index (χ4n) is 2.41. The van der Waals surface area contributed by atoms with Crippen molar-refractivity contribution in [1.82, 2.24) is 0 Å². The molecule has 0 saturated heterocycles. The molecule has 0 atom stereocenters. The van der Waals surface area contributed by atoms with Crippen LogP contribution in [0.3, 0.4) is 0 Å². The van der Waals surface area contributed by atoms with Crippen LogP contribution in [0.15, 0.2) is 0 Å². The third-order valence-electron chi connectivity index (χ3n) is 2.91. The highest BCUT2D eigenvalue weighted by molar-refractivity contribution is 6.77. The standard InChI is InChI=1S/C9H23NOSi/c1-7(2)12(11-10,8(3)4)9(5)6/h7-9H,10H2,1-6H3. The van der Waals surface area contributed by atoms with Gasteiger partial charge in [-0.2, -0.15) is 0 Å². The van der Waals surface area contributed by atoms with Crippen LogP contribution in [-0.4, -0.2) is 8.32 Å². The Morgan fingerprint density at radius 1 is 0.833 bits per heavy atom. The Hall–Kier alpha value is 0.137. The quantitative estimate of drug-likeness (QED) is 0.545. The lowest BCUT2D eigenvalue weighted by Crippen LogP contribution is -2.49. The van der Waals surface area contributed by atoms with Crippen molar-refractivity contribution in [3.05, 3.63) is 0 Å². The molecule has 0 unspecified atom stereocenters. The summed E-state index contributed by atoms with van der Waals surface area (Å²) in [4.78, 5) is 0. The van der Waals surface area contributed by atoms with Gasteiger partial charge < -0.3 is 4.53 Å². The number of rotatable bonds is 4. The molecule has 0 aromatic heterocycles. The van der Waals surface area contributed by atoms with Crippen LogP contribution in [-0.2, 0) is 4.53 Å². The second-order valence-corrected chi connectivity index (χ2v) is 9.84. The molecule has 3 heteroatoms. The molecule has 74 valence electrons. The van der Waals surface area contributed by atoms with Crippen molar-refractivity contribution < 1.29 is 4.53 Å². The zero-order valence-electron chi connectivity index (χ0n) is 9.22. The smallest absolute Gasteiger partial charge is 0.227 e. The predicted molar refractivity (Wildman–Crippen MR) is 56.3 cm³/mol. The molecule has 2 nitrogen and oxygen atoms in total. The third kappa shape index (κ3) is 1.89. The molecule has 0 heterocycles. The summed E-state index contributed by atoms with van der Waals surface area (Å²) in [5.41, 5.74) is 1.76. The normalized spacial score (nSPS) is 13.5. The van der Waals surface area contributed by atoms with Crippen molar-refractivity contribution in [2.75, 3.05) is 0 Å². The first-order valence-corrected chi connectivity index (χ1v) is 6.91. The van der Waals surface area contributed by atoms with E-state index < -0.39 is 8.32 Å². The van der Waals surface area contributed by atoms with Gasteiger partial charge in [-0.3, -0.25) is 0 Å². The maximum absolute atomic E-state index is 5.47. The minimum Gasteiger partial charge on any atom is -0.347 e. The first-order chi connectivity index (χ1) is 5.39. The van der Waals surface area contributed by atoms with Crippen LogP contribution in [0.4, 0.5) is 0 Å². The zero-order valence-corrected chi connectivity index (χ0v) is 10.2. The van der Waals surface area contributed by atoms with Crippen LogP contribution < -0.4 is 5.90 Å². The van der Waals surface area contributed by atoms with Crippen molar-refractivity contribution in [2.24, 2.45) is 5.90 Å². The summed E-state index contributed by atoms with van der Waals surface area (Å²) in [7, 11) is -1.72. The zero-order chi connectivity index (χ0) is 9.94. The Balaban J connectivity index is 4.77. The first-order valence-electron chi connectivity index (χ1n) is 4.77. The van der Waals surface area contributed by atoms with Crippen molar-refractivity contribution in [2.45, 2.75) is 58.2 Å². The van der Waals surface area contributed by atoms with E-state index in [0.29, 0.717) is 16.6 Å². The monoisotopic (exact) mass is 189 g/mol. The van der Waals surface area contributed by atoms with Gasteiger partial charge >= 0.3 is 0 Å². The maximum Gasteiger partial charge on any atom is 0.227 e. The summed E-state index contributed by atoms with van der Waals surface area (Å²) in [6, 6.07) is 0. The lowest BCUT2D eigenvalue weighted by molar-refractivity contribution is 0.290. The molecule has 0 aliphatic rings. The van der Waals surface area contributed by atoms with E-state index >= 15 is 0 Å². The molecule has 0 spiro atoms. The topological polar surface area (TPSA) is 35.2 Å². The van der Waals surface area contributed by atoms with Gasteiger partial charge in [-0.1, -0.05) is 41.5 Å². The van der Waals surface area contributed by atoms with Gasteiger partial charge in [0.2, 0.25) is 8.32 Å². The van der Waals surface area contributed by atoms with Crippen LogP contribution in [0.2, 0.25) is 16.6 Å². The molecule has 0 aliphatic heterocycles. The van der Waals surface area contributed by atoms with Crippen LogP contribution in [0.1, 0.15) is 41.5 Å².